The van der Waals surface area contributed by atoms with E-state index in [4.69, 9.17) is 4.74 Å². The van der Waals surface area contributed by atoms with Crippen molar-refractivity contribution in [2.24, 2.45) is 0 Å². The van der Waals surface area contributed by atoms with Gasteiger partial charge in [0.15, 0.2) is 11.6 Å². The van der Waals surface area contributed by atoms with Crippen LogP contribution in [0.25, 0.3) is 22.3 Å². The van der Waals surface area contributed by atoms with Crippen LogP contribution in [0.15, 0.2) is 66.7 Å². The molecule has 1 heterocycles. The van der Waals surface area contributed by atoms with E-state index in [2.05, 4.69) is 6.08 Å². The second kappa shape index (κ2) is 10.4. The summed E-state index contributed by atoms with van der Waals surface area (Å²) in [6.45, 7) is 4.49. The molecule has 0 aliphatic carbocycles. The van der Waals surface area contributed by atoms with Gasteiger partial charge < -0.3 is 4.74 Å². The number of ether oxygens (including phenoxy) is 1. The Morgan fingerprint density at radius 2 is 1.58 bits per heavy atom. The minimum absolute atomic E-state index is 0.148. The van der Waals surface area contributed by atoms with Gasteiger partial charge in [-0.2, -0.15) is 0 Å². The molecule has 0 bridgehead atoms. The molecule has 0 saturated carbocycles. The predicted molar refractivity (Wildman–Crippen MR) is 128 cm³/mol. The molecule has 0 radical (unpaired) electrons. The molecular formula is C29H29F3O. The molecule has 1 saturated heterocycles. The van der Waals surface area contributed by atoms with E-state index >= 15 is 0 Å². The normalized spacial score (nSPS) is 18.7. The molecular weight excluding hydrogens is 421 g/mol. The van der Waals surface area contributed by atoms with Gasteiger partial charge in [0, 0.05) is 17.0 Å². The fourth-order valence-corrected chi connectivity index (χ4v) is 4.52. The van der Waals surface area contributed by atoms with Crippen molar-refractivity contribution in [1.82, 2.24) is 0 Å². The summed E-state index contributed by atoms with van der Waals surface area (Å²) in [5, 5.41) is 0. The molecule has 1 aliphatic heterocycles. The Kier molecular flexibility index (Phi) is 7.34. The van der Waals surface area contributed by atoms with Gasteiger partial charge >= 0.3 is 0 Å². The maximum absolute atomic E-state index is 15.0. The number of hydrogen-bond acceptors (Lipinski definition) is 1. The van der Waals surface area contributed by atoms with Crippen LogP contribution in [0.3, 0.4) is 0 Å². The van der Waals surface area contributed by atoms with Gasteiger partial charge in [0.2, 0.25) is 0 Å². The van der Waals surface area contributed by atoms with E-state index in [0.29, 0.717) is 35.3 Å². The SMILES string of the molecule is CC=CC1CCC(c2ccc(-c3ccc(-c4ccc(CCC)c(F)c4F)cc3)c(F)c2)CO1. The van der Waals surface area contributed by atoms with Gasteiger partial charge in [0.25, 0.3) is 0 Å². The van der Waals surface area contributed by atoms with Crippen LogP contribution in [-0.2, 0) is 11.2 Å². The van der Waals surface area contributed by atoms with Crippen LogP contribution in [0.4, 0.5) is 13.2 Å². The van der Waals surface area contributed by atoms with E-state index < -0.39 is 11.6 Å². The molecule has 2 atom stereocenters. The van der Waals surface area contributed by atoms with Crippen LogP contribution in [0.2, 0.25) is 0 Å². The highest BCUT2D eigenvalue weighted by Gasteiger charge is 2.22. The van der Waals surface area contributed by atoms with Gasteiger partial charge in [0.1, 0.15) is 5.82 Å². The van der Waals surface area contributed by atoms with Crippen molar-refractivity contribution in [3.63, 3.8) is 0 Å². The lowest BCUT2D eigenvalue weighted by molar-refractivity contribution is 0.0326. The van der Waals surface area contributed by atoms with Crippen LogP contribution in [-0.4, -0.2) is 12.7 Å². The van der Waals surface area contributed by atoms with Crippen LogP contribution < -0.4 is 0 Å². The third-order valence-corrected chi connectivity index (χ3v) is 6.37. The summed E-state index contributed by atoms with van der Waals surface area (Å²) in [7, 11) is 0. The molecule has 4 rings (SSSR count). The number of halogens is 3. The lowest BCUT2D eigenvalue weighted by atomic mass is 9.89. The third kappa shape index (κ3) is 5.06. The monoisotopic (exact) mass is 450 g/mol. The van der Waals surface area contributed by atoms with Crippen molar-refractivity contribution >= 4 is 0 Å². The summed E-state index contributed by atoms with van der Waals surface area (Å²) in [5.74, 6) is -1.73. The molecule has 0 amide bonds. The number of benzene rings is 3. The Balaban J connectivity index is 1.52. The molecule has 0 N–H and O–H groups in total. The number of aryl methyl sites for hydroxylation is 1. The van der Waals surface area contributed by atoms with Crippen LogP contribution >= 0.6 is 0 Å². The van der Waals surface area contributed by atoms with Gasteiger partial charge in [-0.1, -0.05) is 74.0 Å². The summed E-state index contributed by atoms with van der Waals surface area (Å²) >= 11 is 0. The summed E-state index contributed by atoms with van der Waals surface area (Å²) in [4.78, 5) is 0. The van der Waals surface area contributed by atoms with Gasteiger partial charge in [0.05, 0.1) is 12.7 Å². The molecule has 1 fully saturated rings. The minimum atomic E-state index is -0.837. The van der Waals surface area contributed by atoms with E-state index in [9.17, 15) is 13.2 Å². The van der Waals surface area contributed by atoms with E-state index in [0.717, 1.165) is 24.8 Å². The fourth-order valence-electron chi connectivity index (χ4n) is 4.52. The van der Waals surface area contributed by atoms with Crippen LogP contribution in [0.5, 0.6) is 0 Å². The summed E-state index contributed by atoms with van der Waals surface area (Å²) < 4.78 is 49.8. The quantitative estimate of drug-likeness (QED) is 0.344. The van der Waals surface area contributed by atoms with Crippen molar-refractivity contribution < 1.29 is 17.9 Å². The van der Waals surface area contributed by atoms with E-state index in [1.807, 2.05) is 26.0 Å². The Morgan fingerprint density at radius 3 is 2.18 bits per heavy atom. The average Bonchev–Trinajstić information content (AvgIpc) is 2.83. The predicted octanol–water partition coefficient (Wildman–Crippen LogP) is 8.23. The zero-order valence-corrected chi connectivity index (χ0v) is 19.1. The summed E-state index contributed by atoms with van der Waals surface area (Å²) in [5.41, 5.74) is 3.28. The van der Waals surface area contributed by atoms with E-state index in [1.54, 1.807) is 48.5 Å². The Labute approximate surface area is 193 Å². The molecule has 0 spiro atoms. The van der Waals surface area contributed by atoms with Crippen molar-refractivity contribution in [2.45, 2.75) is 51.6 Å². The molecule has 4 heteroatoms. The molecule has 0 aromatic heterocycles. The van der Waals surface area contributed by atoms with Gasteiger partial charge in [-0.05, 0) is 54.5 Å². The topological polar surface area (TPSA) is 9.23 Å². The van der Waals surface area contributed by atoms with Crippen molar-refractivity contribution in [3.05, 3.63) is 95.3 Å². The highest BCUT2D eigenvalue weighted by molar-refractivity contribution is 5.71. The molecule has 3 aromatic rings. The van der Waals surface area contributed by atoms with Crippen molar-refractivity contribution in [3.8, 4) is 22.3 Å². The number of rotatable bonds is 6. The Hall–Kier alpha value is -2.85. The average molecular weight is 451 g/mol. The van der Waals surface area contributed by atoms with Crippen LogP contribution in [0, 0.1) is 17.5 Å². The largest absolute Gasteiger partial charge is 0.374 e. The first-order chi connectivity index (χ1) is 16.0. The lowest BCUT2D eigenvalue weighted by Gasteiger charge is -2.28. The van der Waals surface area contributed by atoms with Crippen molar-refractivity contribution in [2.75, 3.05) is 6.61 Å². The fraction of sp³-hybridized carbons (Fsp3) is 0.310. The minimum Gasteiger partial charge on any atom is -0.374 e. The number of hydrogen-bond donors (Lipinski definition) is 0. The summed E-state index contributed by atoms with van der Waals surface area (Å²) in [6.07, 6.45) is 7.34. The standard InChI is InChI=1S/C29H29F3O/c1-3-5-21-12-16-26(29(32)28(21)31)20-9-7-19(8-10-20)25-15-13-22(17-27(25)30)23-11-14-24(6-4-2)33-18-23/h4,6-10,12-13,15-17,23-24H,3,5,11,14,18H2,1-2H3. The molecule has 1 nitrogen and oxygen atoms in total. The zero-order chi connectivity index (χ0) is 23.4. The first-order valence-corrected chi connectivity index (χ1v) is 11.6. The third-order valence-electron chi connectivity index (χ3n) is 6.37. The molecule has 33 heavy (non-hydrogen) atoms. The molecule has 2 unspecified atom stereocenters. The smallest absolute Gasteiger partial charge is 0.166 e. The van der Waals surface area contributed by atoms with E-state index in [1.165, 1.54) is 0 Å². The molecule has 1 aliphatic rings. The molecule has 3 aromatic carbocycles. The second-order valence-electron chi connectivity index (χ2n) is 8.64. The van der Waals surface area contributed by atoms with Gasteiger partial charge in [-0.3, -0.25) is 0 Å². The zero-order valence-electron chi connectivity index (χ0n) is 19.1. The van der Waals surface area contributed by atoms with Gasteiger partial charge in [-0.25, -0.2) is 13.2 Å². The number of allylic oxidation sites excluding steroid dienone is 1. The lowest BCUT2D eigenvalue weighted by Crippen LogP contribution is -2.23. The molecule has 172 valence electrons. The maximum Gasteiger partial charge on any atom is 0.166 e. The summed E-state index contributed by atoms with van der Waals surface area (Å²) in [6, 6.07) is 15.5. The van der Waals surface area contributed by atoms with Crippen molar-refractivity contribution in [1.29, 1.82) is 0 Å². The first-order valence-electron chi connectivity index (χ1n) is 11.6. The highest BCUT2D eigenvalue weighted by atomic mass is 19.2. The van der Waals surface area contributed by atoms with Crippen LogP contribution in [0.1, 0.15) is 50.2 Å². The Morgan fingerprint density at radius 1 is 0.879 bits per heavy atom. The second-order valence-corrected chi connectivity index (χ2v) is 8.64. The van der Waals surface area contributed by atoms with E-state index in [-0.39, 0.29) is 23.4 Å². The Bertz CT molecular complexity index is 1130. The maximum atomic E-state index is 15.0. The highest BCUT2D eigenvalue weighted by Crippen LogP contribution is 2.33. The first kappa shape index (κ1) is 23.3. The van der Waals surface area contributed by atoms with Gasteiger partial charge in [-0.15, -0.1) is 0 Å².